The second-order valence-electron chi connectivity index (χ2n) is 5.68. The molecular weight excluding hydrogens is 306 g/mol. The summed E-state index contributed by atoms with van der Waals surface area (Å²) in [7, 11) is 0. The molecule has 1 aliphatic rings. The number of para-hydroxylation sites is 1. The van der Waals surface area contributed by atoms with Gasteiger partial charge in [-0.1, -0.05) is 24.3 Å². The SMILES string of the molecule is Cc1ccccc1OCCCC(=O)NCc1ccc2c(c1)OCO2. The van der Waals surface area contributed by atoms with Crippen molar-refractivity contribution in [3.8, 4) is 17.2 Å². The van der Waals surface area contributed by atoms with E-state index in [1.54, 1.807) is 0 Å². The molecule has 2 aromatic rings. The van der Waals surface area contributed by atoms with Gasteiger partial charge in [-0.05, 0) is 42.7 Å². The Morgan fingerprint density at radius 3 is 2.88 bits per heavy atom. The summed E-state index contributed by atoms with van der Waals surface area (Å²) in [6, 6.07) is 13.5. The third-order valence-corrected chi connectivity index (χ3v) is 3.83. The van der Waals surface area contributed by atoms with Gasteiger partial charge in [-0.3, -0.25) is 4.79 Å². The molecule has 0 unspecified atom stereocenters. The minimum absolute atomic E-state index is 0.0149. The quantitative estimate of drug-likeness (QED) is 0.794. The Bertz CT molecular complexity index is 714. The maximum atomic E-state index is 11.9. The third kappa shape index (κ3) is 4.19. The summed E-state index contributed by atoms with van der Waals surface area (Å²) in [6.45, 7) is 3.27. The van der Waals surface area contributed by atoms with Crippen LogP contribution in [0.25, 0.3) is 0 Å². The van der Waals surface area contributed by atoms with Crippen molar-refractivity contribution in [3.05, 3.63) is 53.6 Å². The Balaban J connectivity index is 1.36. The zero-order chi connectivity index (χ0) is 16.8. The third-order valence-electron chi connectivity index (χ3n) is 3.83. The van der Waals surface area contributed by atoms with Crippen molar-refractivity contribution in [2.24, 2.45) is 0 Å². The monoisotopic (exact) mass is 327 g/mol. The summed E-state index contributed by atoms with van der Waals surface area (Å²) in [5, 5.41) is 2.91. The Kier molecular flexibility index (Phi) is 5.21. The fraction of sp³-hybridized carbons (Fsp3) is 0.316. The number of hydrogen-bond acceptors (Lipinski definition) is 4. The summed E-state index contributed by atoms with van der Waals surface area (Å²) >= 11 is 0. The van der Waals surface area contributed by atoms with Crippen LogP contribution in [0.2, 0.25) is 0 Å². The van der Waals surface area contributed by atoms with E-state index < -0.39 is 0 Å². The topological polar surface area (TPSA) is 56.8 Å². The molecule has 2 aromatic carbocycles. The van der Waals surface area contributed by atoms with Crippen molar-refractivity contribution >= 4 is 5.91 Å². The lowest BCUT2D eigenvalue weighted by molar-refractivity contribution is -0.121. The van der Waals surface area contributed by atoms with E-state index in [-0.39, 0.29) is 12.7 Å². The first kappa shape index (κ1) is 16.2. The number of amides is 1. The molecular formula is C19H21NO4. The average molecular weight is 327 g/mol. The predicted octanol–water partition coefficient (Wildman–Crippen LogP) is 3.20. The number of carbonyl (C=O) groups excluding carboxylic acids is 1. The molecule has 1 heterocycles. The van der Waals surface area contributed by atoms with E-state index >= 15 is 0 Å². The molecule has 0 aromatic heterocycles. The van der Waals surface area contributed by atoms with Gasteiger partial charge in [0.25, 0.3) is 0 Å². The molecule has 0 saturated heterocycles. The summed E-state index contributed by atoms with van der Waals surface area (Å²) in [4.78, 5) is 11.9. The fourth-order valence-corrected chi connectivity index (χ4v) is 2.47. The van der Waals surface area contributed by atoms with Gasteiger partial charge < -0.3 is 19.5 Å². The molecule has 5 nitrogen and oxygen atoms in total. The van der Waals surface area contributed by atoms with Gasteiger partial charge in [-0.15, -0.1) is 0 Å². The number of fused-ring (bicyclic) bond motifs is 1. The van der Waals surface area contributed by atoms with E-state index in [9.17, 15) is 4.79 Å². The molecule has 3 rings (SSSR count). The lowest BCUT2D eigenvalue weighted by atomic mass is 10.2. The lowest BCUT2D eigenvalue weighted by Gasteiger charge is -2.09. The zero-order valence-corrected chi connectivity index (χ0v) is 13.7. The van der Waals surface area contributed by atoms with Gasteiger partial charge in [-0.2, -0.15) is 0 Å². The standard InChI is InChI=1S/C19H21NO4/c1-14-5-2-3-6-16(14)22-10-4-7-19(21)20-12-15-8-9-17-18(11-15)24-13-23-17/h2-3,5-6,8-9,11H,4,7,10,12-13H2,1H3,(H,20,21). The number of rotatable bonds is 7. The largest absolute Gasteiger partial charge is 0.493 e. The van der Waals surface area contributed by atoms with Gasteiger partial charge >= 0.3 is 0 Å². The maximum Gasteiger partial charge on any atom is 0.231 e. The van der Waals surface area contributed by atoms with E-state index in [2.05, 4.69) is 5.32 Å². The lowest BCUT2D eigenvalue weighted by Crippen LogP contribution is -2.22. The minimum Gasteiger partial charge on any atom is -0.493 e. The van der Waals surface area contributed by atoms with Crippen LogP contribution in [0.3, 0.4) is 0 Å². The van der Waals surface area contributed by atoms with Crippen molar-refractivity contribution < 1.29 is 19.0 Å². The van der Waals surface area contributed by atoms with Gasteiger partial charge in [0.2, 0.25) is 12.7 Å². The molecule has 24 heavy (non-hydrogen) atoms. The van der Waals surface area contributed by atoms with Gasteiger partial charge in [0, 0.05) is 13.0 Å². The number of nitrogens with one attached hydrogen (secondary N) is 1. The molecule has 0 atom stereocenters. The van der Waals surface area contributed by atoms with E-state index in [1.807, 2.05) is 49.4 Å². The van der Waals surface area contributed by atoms with Crippen LogP contribution < -0.4 is 19.5 Å². The van der Waals surface area contributed by atoms with Gasteiger partial charge in [-0.25, -0.2) is 0 Å². The van der Waals surface area contributed by atoms with E-state index in [4.69, 9.17) is 14.2 Å². The first-order valence-electron chi connectivity index (χ1n) is 8.06. The van der Waals surface area contributed by atoms with Crippen LogP contribution in [0.5, 0.6) is 17.2 Å². The van der Waals surface area contributed by atoms with E-state index in [0.717, 1.165) is 28.4 Å². The number of aryl methyl sites for hydroxylation is 1. The van der Waals surface area contributed by atoms with Crippen LogP contribution in [0.4, 0.5) is 0 Å². The van der Waals surface area contributed by atoms with Crippen LogP contribution in [0.15, 0.2) is 42.5 Å². The molecule has 0 spiro atoms. The molecule has 0 saturated carbocycles. The number of benzene rings is 2. The first-order valence-corrected chi connectivity index (χ1v) is 8.06. The Morgan fingerprint density at radius 1 is 1.17 bits per heavy atom. The summed E-state index contributed by atoms with van der Waals surface area (Å²) < 4.78 is 16.3. The van der Waals surface area contributed by atoms with Gasteiger partial charge in [0.15, 0.2) is 11.5 Å². The van der Waals surface area contributed by atoms with Crippen molar-refractivity contribution in [1.82, 2.24) is 5.32 Å². The highest BCUT2D eigenvalue weighted by Gasteiger charge is 2.13. The molecule has 0 aliphatic carbocycles. The Hall–Kier alpha value is -2.69. The molecule has 0 fully saturated rings. The molecule has 0 radical (unpaired) electrons. The fourth-order valence-electron chi connectivity index (χ4n) is 2.47. The van der Waals surface area contributed by atoms with E-state index in [1.165, 1.54) is 0 Å². The summed E-state index contributed by atoms with van der Waals surface area (Å²) in [5.74, 6) is 2.37. The second-order valence-corrected chi connectivity index (χ2v) is 5.68. The molecule has 5 heteroatoms. The molecule has 1 N–H and O–H groups in total. The van der Waals surface area contributed by atoms with Gasteiger partial charge in [0.1, 0.15) is 5.75 Å². The van der Waals surface area contributed by atoms with Crippen molar-refractivity contribution in [2.45, 2.75) is 26.3 Å². The second kappa shape index (κ2) is 7.73. The van der Waals surface area contributed by atoms with Crippen LogP contribution in [0.1, 0.15) is 24.0 Å². The van der Waals surface area contributed by atoms with Crippen LogP contribution in [0, 0.1) is 6.92 Å². The maximum absolute atomic E-state index is 11.9. The Morgan fingerprint density at radius 2 is 2.00 bits per heavy atom. The highest BCUT2D eigenvalue weighted by molar-refractivity contribution is 5.75. The van der Waals surface area contributed by atoms with Crippen LogP contribution in [-0.2, 0) is 11.3 Å². The molecule has 1 amide bonds. The number of ether oxygens (including phenoxy) is 3. The number of hydrogen-bond donors (Lipinski definition) is 1. The van der Waals surface area contributed by atoms with Crippen LogP contribution in [-0.4, -0.2) is 19.3 Å². The first-order chi connectivity index (χ1) is 11.7. The molecule has 0 bridgehead atoms. The van der Waals surface area contributed by atoms with Crippen molar-refractivity contribution in [2.75, 3.05) is 13.4 Å². The minimum atomic E-state index is 0.0149. The average Bonchev–Trinajstić information content (AvgIpc) is 3.06. The number of carbonyl (C=O) groups is 1. The Labute approximate surface area is 141 Å². The highest BCUT2D eigenvalue weighted by Crippen LogP contribution is 2.32. The summed E-state index contributed by atoms with van der Waals surface area (Å²) in [5.41, 5.74) is 2.09. The molecule has 126 valence electrons. The summed E-state index contributed by atoms with van der Waals surface area (Å²) in [6.07, 6.45) is 1.12. The van der Waals surface area contributed by atoms with Crippen molar-refractivity contribution in [1.29, 1.82) is 0 Å². The van der Waals surface area contributed by atoms with Crippen molar-refractivity contribution in [3.63, 3.8) is 0 Å². The predicted molar refractivity (Wildman–Crippen MR) is 90.3 cm³/mol. The normalized spacial score (nSPS) is 12.0. The van der Waals surface area contributed by atoms with Crippen LogP contribution >= 0.6 is 0 Å². The smallest absolute Gasteiger partial charge is 0.231 e. The van der Waals surface area contributed by atoms with E-state index in [0.29, 0.717) is 26.0 Å². The molecule has 1 aliphatic heterocycles. The van der Waals surface area contributed by atoms with Gasteiger partial charge in [0.05, 0.1) is 6.61 Å². The highest BCUT2D eigenvalue weighted by atomic mass is 16.7. The zero-order valence-electron chi connectivity index (χ0n) is 13.7.